The monoisotopic (exact) mass is 541 g/mol. The van der Waals surface area contributed by atoms with Gasteiger partial charge in [0.1, 0.15) is 6.61 Å². The maximum atomic E-state index is 13.2. The highest BCUT2D eigenvalue weighted by Crippen LogP contribution is 2.44. The fourth-order valence-electron chi connectivity index (χ4n) is 5.95. The van der Waals surface area contributed by atoms with Gasteiger partial charge in [-0.15, -0.1) is 0 Å². The number of carbonyl (C=O) groups is 2. The van der Waals surface area contributed by atoms with E-state index in [0.29, 0.717) is 16.8 Å². The van der Waals surface area contributed by atoms with E-state index in [2.05, 4.69) is 29.6 Å². The third-order valence-corrected chi connectivity index (χ3v) is 8.85. The molecule has 40 heavy (non-hydrogen) atoms. The van der Waals surface area contributed by atoms with Gasteiger partial charge in [0, 0.05) is 11.6 Å². The van der Waals surface area contributed by atoms with Crippen LogP contribution in [0.25, 0.3) is 11.1 Å². The molecule has 1 aliphatic carbocycles. The van der Waals surface area contributed by atoms with Crippen LogP contribution in [0.5, 0.6) is 0 Å². The maximum Gasteiger partial charge on any atom is 0.495 e. The van der Waals surface area contributed by atoms with Crippen LogP contribution in [0.3, 0.4) is 0 Å². The van der Waals surface area contributed by atoms with E-state index in [9.17, 15) is 14.7 Å². The fourth-order valence-corrected chi connectivity index (χ4v) is 5.95. The first-order valence-corrected chi connectivity index (χ1v) is 13.6. The molecule has 2 N–H and O–H groups in total. The molecule has 1 heterocycles. The lowest BCUT2D eigenvalue weighted by Crippen LogP contribution is -2.41. The molecule has 1 saturated heterocycles. The number of rotatable bonds is 6. The zero-order valence-corrected chi connectivity index (χ0v) is 24.2. The third-order valence-electron chi connectivity index (χ3n) is 8.85. The second-order valence-corrected chi connectivity index (χ2v) is 11.8. The molecular formula is C32H36BNO6. The minimum absolute atomic E-state index is 0.0683. The summed E-state index contributed by atoms with van der Waals surface area (Å²) in [7, 11) is -0.707. The Morgan fingerprint density at radius 2 is 1.40 bits per heavy atom. The third kappa shape index (κ3) is 4.69. The van der Waals surface area contributed by atoms with Crippen molar-refractivity contribution in [1.29, 1.82) is 0 Å². The summed E-state index contributed by atoms with van der Waals surface area (Å²) in [5.74, 6) is -1.02. The molecule has 0 unspecified atom stereocenters. The Morgan fingerprint density at radius 1 is 0.875 bits per heavy atom. The Balaban J connectivity index is 1.44. The molecule has 208 valence electrons. The van der Waals surface area contributed by atoms with Crippen molar-refractivity contribution >= 4 is 30.3 Å². The molecular weight excluding hydrogens is 505 g/mol. The highest BCUT2D eigenvalue weighted by atomic mass is 16.7. The number of benzene rings is 3. The molecule has 0 bridgehead atoms. The van der Waals surface area contributed by atoms with Crippen molar-refractivity contribution in [3.63, 3.8) is 0 Å². The van der Waals surface area contributed by atoms with Crippen LogP contribution in [0.15, 0.2) is 48.5 Å². The Bertz CT molecular complexity index is 1450. The Morgan fingerprint density at radius 3 is 1.93 bits per heavy atom. The number of aliphatic carboxylic acids is 1. The predicted molar refractivity (Wildman–Crippen MR) is 156 cm³/mol. The zero-order chi connectivity index (χ0) is 29.0. The number of carbonyl (C=O) groups excluding carboxylic acids is 1. The minimum atomic E-state index is -0.956. The summed E-state index contributed by atoms with van der Waals surface area (Å²) in [4.78, 5) is 25.0. The number of anilines is 1. The van der Waals surface area contributed by atoms with Gasteiger partial charge < -0.3 is 19.2 Å². The van der Waals surface area contributed by atoms with E-state index in [1.165, 1.54) is 0 Å². The van der Waals surface area contributed by atoms with Gasteiger partial charge in [0.25, 0.3) is 0 Å². The average Bonchev–Trinajstić information content (AvgIpc) is 3.32. The molecule has 7 nitrogen and oxygen atoms in total. The van der Waals surface area contributed by atoms with Crippen molar-refractivity contribution in [3.05, 3.63) is 81.9 Å². The Labute approximate surface area is 236 Å². The van der Waals surface area contributed by atoms with E-state index in [-0.39, 0.29) is 18.9 Å². The topological polar surface area (TPSA) is 94.1 Å². The van der Waals surface area contributed by atoms with Crippen LogP contribution >= 0.6 is 0 Å². The number of hydrogen-bond acceptors (Lipinski definition) is 5. The number of fused-ring (bicyclic) bond motifs is 3. The molecule has 1 amide bonds. The summed E-state index contributed by atoms with van der Waals surface area (Å²) in [6.07, 6.45) is -0.790. The second-order valence-electron chi connectivity index (χ2n) is 11.8. The van der Waals surface area contributed by atoms with Crippen molar-refractivity contribution in [2.24, 2.45) is 0 Å². The zero-order valence-electron chi connectivity index (χ0n) is 24.2. The molecule has 0 aromatic heterocycles. The number of nitrogens with one attached hydrogen (secondary N) is 1. The number of ether oxygens (including phenoxy) is 1. The Hall–Kier alpha value is -3.62. The van der Waals surface area contributed by atoms with E-state index in [1.54, 1.807) is 0 Å². The first-order chi connectivity index (χ1) is 18.8. The van der Waals surface area contributed by atoms with Crippen molar-refractivity contribution in [2.75, 3.05) is 11.9 Å². The van der Waals surface area contributed by atoms with Gasteiger partial charge in [-0.05, 0) is 98.4 Å². The molecule has 0 radical (unpaired) electrons. The average molecular weight is 541 g/mol. The molecule has 3 aromatic carbocycles. The lowest BCUT2D eigenvalue weighted by atomic mass is 9.70. The first-order valence-electron chi connectivity index (χ1n) is 13.6. The van der Waals surface area contributed by atoms with Crippen LogP contribution in [0.1, 0.15) is 67.0 Å². The molecule has 3 aromatic rings. The molecule has 1 fully saturated rings. The van der Waals surface area contributed by atoms with Gasteiger partial charge in [0.15, 0.2) is 0 Å². The molecule has 0 spiro atoms. The van der Waals surface area contributed by atoms with Gasteiger partial charge in [-0.1, -0.05) is 48.5 Å². The van der Waals surface area contributed by atoms with Crippen LogP contribution in [0.2, 0.25) is 0 Å². The summed E-state index contributed by atoms with van der Waals surface area (Å²) in [6.45, 7) is 13.7. The quantitative estimate of drug-likeness (QED) is 0.378. The summed E-state index contributed by atoms with van der Waals surface area (Å²) >= 11 is 0. The number of hydrogen-bond donors (Lipinski definition) is 2. The van der Waals surface area contributed by atoms with Crippen molar-refractivity contribution < 1.29 is 28.7 Å². The summed E-state index contributed by atoms with van der Waals surface area (Å²) in [6, 6.07) is 16.4. The van der Waals surface area contributed by atoms with E-state index >= 15 is 0 Å². The van der Waals surface area contributed by atoms with E-state index in [0.717, 1.165) is 38.8 Å². The van der Waals surface area contributed by atoms with E-state index in [1.807, 2.05) is 72.7 Å². The van der Waals surface area contributed by atoms with Crippen molar-refractivity contribution in [1.82, 2.24) is 0 Å². The van der Waals surface area contributed by atoms with Gasteiger partial charge in [0.2, 0.25) is 0 Å². The second kappa shape index (κ2) is 10.1. The van der Waals surface area contributed by atoms with E-state index < -0.39 is 30.4 Å². The minimum Gasteiger partial charge on any atom is -0.481 e. The largest absolute Gasteiger partial charge is 0.495 e. The highest BCUT2D eigenvalue weighted by molar-refractivity contribution is 6.63. The van der Waals surface area contributed by atoms with Gasteiger partial charge in [-0.25, -0.2) is 4.79 Å². The van der Waals surface area contributed by atoms with Crippen molar-refractivity contribution in [3.8, 4) is 11.1 Å². The SMILES string of the molecule is Cc1c(CC(=O)O)c(C)c(B2OC(C)(C)C(C)(C)O2)c(C)c1NC(=O)OCC1c2ccccc2-c2ccccc21. The van der Waals surface area contributed by atoms with Crippen molar-refractivity contribution in [2.45, 2.75) is 72.0 Å². The fraction of sp³-hybridized carbons (Fsp3) is 0.375. The lowest BCUT2D eigenvalue weighted by molar-refractivity contribution is -0.136. The lowest BCUT2D eigenvalue weighted by Gasteiger charge is -2.32. The number of carboxylic acids is 1. The number of carboxylic acid groups (broad SMARTS) is 1. The molecule has 0 atom stereocenters. The summed E-state index contributed by atoms with van der Waals surface area (Å²) in [5, 5.41) is 12.6. The van der Waals surface area contributed by atoms with Crippen LogP contribution < -0.4 is 10.8 Å². The first kappa shape index (κ1) is 27.9. The molecule has 8 heteroatoms. The number of amides is 1. The van der Waals surface area contributed by atoms with E-state index in [4.69, 9.17) is 14.0 Å². The molecule has 0 saturated carbocycles. The molecule has 5 rings (SSSR count). The maximum absolute atomic E-state index is 13.2. The van der Waals surface area contributed by atoms with Gasteiger partial charge in [-0.2, -0.15) is 0 Å². The summed E-state index contributed by atoms with van der Waals surface area (Å²) < 4.78 is 18.5. The summed E-state index contributed by atoms with van der Waals surface area (Å²) in [5.41, 5.74) is 7.53. The van der Waals surface area contributed by atoms with Crippen LogP contribution in [0, 0.1) is 20.8 Å². The van der Waals surface area contributed by atoms with Crippen LogP contribution in [0.4, 0.5) is 10.5 Å². The van der Waals surface area contributed by atoms with Gasteiger partial charge >= 0.3 is 19.2 Å². The van der Waals surface area contributed by atoms with Crippen LogP contribution in [-0.4, -0.2) is 42.1 Å². The van der Waals surface area contributed by atoms with Crippen LogP contribution in [-0.2, 0) is 25.3 Å². The standard InChI is InChI=1S/C32H36BNO6/c1-18-25(16-27(35)36)19(2)29(20(3)28(18)33-39-31(4,5)32(6,7)40-33)34-30(37)38-17-26-23-14-10-8-12-21(23)22-13-9-11-15-24(22)26/h8-15,26H,16-17H2,1-7H3,(H,34,37)(H,35,36). The van der Waals surface area contributed by atoms with Gasteiger partial charge in [-0.3, -0.25) is 10.1 Å². The predicted octanol–water partition coefficient (Wildman–Crippen LogP) is 5.90. The molecule has 1 aliphatic heterocycles. The Kier molecular flexibility index (Phi) is 7.05. The smallest absolute Gasteiger partial charge is 0.481 e. The molecule has 2 aliphatic rings. The highest BCUT2D eigenvalue weighted by Gasteiger charge is 2.53. The van der Waals surface area contributed by atoms with Gasteiger partial charge in [0.05, 0.1) is 17.6 Å². The normalized spacial score (nSPS) is 16.9.